The van der Waals surface area contributed by atoms with Gasteiger partial charge in [-0.15, -0.1) is 0 Å². The van der Waals surface area contributed by atoms with E-state index >= 15 is 0 Å². The largest absolute Gasteiger partial charge is 0.461 e. The van der Waals surface area contributed by atoms with Gasteiger partial charge in [-0.3, -0.25) is 19.8 Å². The van der Waals surface area contributed by atoms with Gasteiger partial charge < -0.3 is 25.7 Å². The van der Waals surface area contributed by atoms with Gasteiger partial charge in [-0.1, -0.05) is 12.1 Å². The number of nitrogens with zero attached hydrogens (tertiary/aromatic N) is 3. The van der Waals surface area contributed by atoms with Crippen molar-refractivity contribution in [3.05, 3.63) is 46.4 Å². The zero-order valence-corrected chi connectivity index (χ0v) is 18.2. The summed E-state index contributed by atoms with van der Waals surface area (Å²) in [7, 11) is 0. The molecule has 0 spiro atoms. The van der Waals surface area contributed by atoms with Crippen LogP contribution >= 0.6 is 0 Å². The lowest BCUT2D eigenvalue weighted by molar-refractivity contribution is -0.132. The molecule has 12 heteroatoms. The van der Waals surface area contributed by atoms with Crippen molar-refractivity contribution in [3.63, 3.8) is 0 Å². The second-order valence-corrected chi connectivity index (χ2v) is 7.45. The third-order valence-electron chi connectivity index (χ3n) is 5.19. The van der Waals surface area contributed by atoms with E-state index in [1.807, 2.05) is 0 Å². The summed E-state index contributed by atoms with van der Waals surface area (Å²) in [5, 5.41) is 4.88. The summed E-state index contributed by atoms with van der Waals surface area (Å²) in [5.41, 5.74) is 5.38. The third kappa shape index (κ3) is 6.99. The molecule has 0 saturated carbocycles. The Balaban J connectivity index is 1.53. The van der Waals surface area contributed by atoms with Crippen LogP contribution in [0.1, 0.15) is 12.0 Å². The van der Waals surface area contributed by atoms with E-state index in [2.05, 4.69) is 25.5 Å². The van der Waals surface area contributed by atoms with E-state index in [-0.39, 0.29) is 35.3 Å². The number of ether oxygens (including phenoxy) is 1. The number of amides is 3. The minimum absolute atomic E-state index is 0.0778. The lowest BCUT2D eigenvalue weighted by Crippen LogP contribution is -2.49. The number of piperazine rings is 1. The molecule has 2 heterocycles. The fourth-order valence-electron chi connectivity index (χ4n) is 3.44. The third-order valence-corrected chi connectivity index (χ3v) is 5.19. The predicted molar refractivity (Wildman–Crippen MR) is 121 cm³/mol. The number of para-hydroxylation sites is 2. The molecule has 1 aliphatic heterocycles. The molecule has 0 radical (unpaired) electrons. The number of carbonyl (C=O) groups is 2. The Kier molecular flexibility index (Phi) is 8.72. The lowest BCUT2D eigenvalue weighted by Gasteiger charge is -2.34. The molecular weight excluding hydrogens is 433 g/mol. The molecule has 1 aliphatic rings. The maximum atomic E-state index is 12.6. The summed E-state index contributed by atoms with van der Waals surface area (Å²) in [6.07, 6.45) is 2.21. The van der Waals surface area contributed by atoms with E-state index in [1.54, 1.807) is 17.0 Å². The van der Waals surface area contributed by atoms with Gasteiger partial charge >= 0.3 is 6.03 Å². The van der Waals surface area contributed by atoms with Crippen molar-refractivity contribution in [1.82, 2.24) is 19.8 Å². The topological polar surface area (TPSA) is 146 Å². The maximum Gasteiger partial charge on any atom is 0.326 e. The highest BCUT2D eigenvalue weighted by Gasteiger charge is 2.22. The number of carbonyl (C=O) groups excluding carboxylic acids is 2. The molecule has 0 aliphatic carbocycles. The number of aromatic nitrogens is 2. The lowest BCUT2D eigenvalue weighted by atomic mass is 10.2. The molecule has 0 unspecified atom stereocenters. The van der Waals surface area contributed by atoms with Crippen LogP contribution in [0.15, 0.2) is 35.3 Å². The highest BCUT2D eigenvalue weighted by molar-refractivity contribution is 5.99. The van der Waals surface area contributed by atoms with Crippen LogP contribution in [-0.2, 0) is 11.2 Å². The molecule has 5 N–H and O–H groups in total. The highest BCUT2D eigenvalue weighted by Crippen LogP contribution is 2.23. The summed E-state index contributed by atoms with van der Waals surface area (Å²) in [6.45, 7) is 3.26. The first-order chi connectivity index (χ1) is 16.0. The number of halogens is 1. The summed E-state index contributed by atoms with van der Waals surface area (Å²) >= 11 is 0. The predicted octanol–water partition coefficient (Wildman–Crippen LogP) is 0.755. The van der Waals surface area contributed by atoms with Gasteiger partial charge in [0.25, 0.3) is 5.56 Å². The maximum absolute atomic E-state index is 12.6. The van der Waals surface area contributed by atoms with Gasteiger partial charge in [-0.05, 0) is 31.6 Å². The summed E-state index contributed by atoms with van der Waals surface area (Å²) in [6, 6.07) is 5.61. The van der Waals surface area contributed by atoms with Gasteiger partial charge in [0.15, 0.2) is 0 Å². The molecule has 1 aromatic heterocycles. The summed E-state index contributed by atoms with van der Waals surface area (Å²) < 4.78 is 17.3. The quantitative estimate of drug-likeness (QED) is 0.431. The second-order valence-electron chi connectivity index (χ2n) is 7.45. The number of H-pyrrole nitrogens is 1. The van der Waals surface area contributed by atoms with E-state index in [0.29, 0.717) is 19.6 Å². The first-order valence-corrected chi connectivity index (χ1v) is 10.6. The smallest absolute Gasteiger partial charge is 0.326 e. The van der Waals surface area contributed by atoms with Crippen molar-refractivity contribution in [3.8, 4) is 5.75 Å². The van der Waals surface area contributed by atoms with E-state index in [1.165, 1.54) is 18.3 Å². The molecule has 11 nitrogen and oxygen atoms in total. The molecule has 2 aromatic rings. The number of benzene rings is 1. The molecule has 3 amide bonds. The van der Waals surface area contributed by atoms with Crippen LogP contribution in [0.5, 0.6) is 5.75 Å². The number of aromatic amines is 1. The molecule has 0 bridgehead atoms. The zero-order valence-electron chi connectivity index (χ0n) is 18.2. The van der Waals surface area contributed by atoms with Crippen molar-refractivity contribution in [2.24, 2.45) is 5.73 Å². The number of urea groups is 1. The van der Waals surface area contributed by atoms with Crippen molar-refractivity contribution in [1.29, 1.82) is 0 Å². The minimum Gasteiger partial charge on any atom is -0.461 e. The molecule has 3 rings (SSSR count). The summed E-state index contributed by atoms with van der Waals surface area (Å²) in [4.78, 5) is 47.6. The van der Waals surface area contributed by atoms with Crippen molar-refractivity contribution in [2.75, 3.05) is 56.8 Å². The molecule has 1 saturated heterocycles. The summed E-state index contributed by atoms with van der Waals surface area (Å²) in [5.74, 6) is -0.0829. The molecule has 178 valence electrons. The standard InChI is InChI=1S/C21H28FN7O4/c22-14-33-17-5-2-1-4-16(17)25-21(32)27-20-24-13-15(19(31)26-20)12-18(30)29-10-8-28(9-11-29)7-3-6-23/h1-2,4-5,13H,3,6-12,14,23H2,(H3,24,25,26,27,31,32). The van der Waals surface area contributed by atoms with Crippen LogP contribution < -0.4 is 26.7 Å². The van der Waals surface area contributed by atoms with Gasteiger partial charge in [0.1, 0.15) is 5.75 Å². The Bertz CT molecular complexity index is 1010. The number of hydrogen-bond donors (Lipinski definition) is 4. The minimum atomic E-state index is -1.04. The van der Waals surface area contributed by atoms with Crippen LogP contribution in [-0.4, -0.2) is 77.8 Å². The zero-order chi connectivity index (χ0) is 23.6. The number of hydrogen-bond acceptors (Lipinski definition) is 7. The van der Waals surface area contributed by atoms with Gasteiger partial charge in [-0.2, -0.15) is 4.98 Å². The van der Waals surface area contributed by atoms with E-state index in [9.17, 15) is 18.8 Å². The van der Waals surface area contributed by atoms with E-state index < -0.39 is 18.5 Å². The fourth-order valence-corrected chi connectivity index (χ4v) is 3.44. The van der Waals surface area contributed by atoms with Crippen LogP contribution in [0.3, 0.4) is 0 Å². The number of alkyl halides is 1. The first-order valence-electron chi connectivity index (χ1n) is 10.6. The molecular formula is C21H28FN7O4. The number of anilines is 2. The SMILES string of the molecule is NCCCN1CCN(C(=O)Cc2c[nH]c(NC(=O)Nc3ccccc3OCF)nc2=O)CC1. The number of rotatable bonds is 9. The van der Waals surface area contributed by atoms with Crippen LogP contribution in [0.2, 0.25) is 0 Å². The Morgan fingerprint density at radius 1 is 1.18 bits per heavy atom. The molecule has 33 heavy (non-hydrogen) atoms. The molecule has 0 atom stereocenters. The van der Waals surface area contributed by atoms with Gasteiger partial charge in [0, 0.05) is 37.9 Å². The number of nitrogens with one attached hydrogen (secondary N) is 3. The normalized spacial score (nSPS) is 14.1. The average Bonchev–Trinajstić information content (AvgIpc) is 2.81. The Hall–Kier alpha value is -3.51. The van der Waals surface area contributed by atoms with Crippen LogP contribution in [0.25, 0.3) is 0 Å². The average molecular weight is 461 g/mol. The van der Waals surface area contributed by atoms with Gasteiger partial charge in [0.2, 0.25) is 18.7 Å². The van der Waals surface area contributed by atoms with E-state index in [0.717, 1.165) is 26.1 Å². The monoisotopic (exact) mass is 461 g/mol. The fraction of sp³-hybridized carbons (Fsp3) is 0.429. The number of nitrogens with two attached hydrogens (primary N) is 1. The van der Waals surface area contributed by atoms with Crippen LogP contribution in [0.4, 0.5) is 20.8 Å². The van der Waals surface area contributed by atoms with Crippen molar-refractivity contribution in [2.45, 2.75) is 12.8 Å². The van der Waals surface area contributed by atoms with E-state index in [4.69, 9.17) is 10.5 Å². The molecule has 1 aromatic carbocycles. The Morgan fingerprint density at radius 2 is 1.94 bits per heavy atom. The van der Waals surface area contributed by atoms with Gasteiger partial charge in [-0.25, -0.2) is 9.18 Å². The first kappa shape index (κ1) is 24.1. The Labute approximate surface area is 190 Å². The van der Waals surface area contributed by atoms with Crippen molar-refractivity contribution >= 4 is 23.6 Å². The second kappa shape index (κ2) is 11.9. The molecule has 1 fully saturated rings. The highest BCUT2D eigenvalue weighted by atomic mass is 19.1. The van der Waals surface area contributed by atoms with Gasteiger partial charge in [0.05, 0.1) is 12.1 Å². The van der Waals surface area contributed by atoms with Crippen LogP contribution in [0, 0.1) is 0 Å². The Morgan fingerprint density at radius 3 is 2.64 bits per heavy atom. The van der Waals surface area contributed by atoms with Crippen molar-refractivity contribution < 1.29 is 18.7 Å².